The van der Waals surface area contributed by atoms with E-state index in [0.29, 0.717) is 6.42 Å². The molecule has 0 aromatic rings. The van der Waals surface area contributed by atoms with E-state index >= 15 is 0 Å². The summed E-state index contributed by atoms with van der Waals surface area (Å²) in [6.45, 7) is 0. The molecule has 0 aromatic carbocycles. The Morgan fingerprint density at radius 3 is 2.40 bits per heavy atom. The number of carbonyl (C=O) groups is 1. The molecule has 2 N–H and O–H groups in total. The summed E-state index contributed by atoms with van der Waals surface area (Å²) in [4.78, 5) is 10.3. The van der Waals surface area contributed by atoms with E-state index in [1.807, 2.05) is 0 Å². The van der Waals surface area contributed by atoms with E-state index in [9.17, 15) is 4.79 Å². The van der Waals surface area contributed by atoms with Gasteiger partial charge in [-0.25, -0.2) is 4.79 Å². The summed E-state index contributed by atoms with van der Waals surface area (Å²) in [6.07, 6.45) is 4.47. The maximum absolute atomic E-state index is 10.3. The van der Waals surface area contributed by atoms with Crippen molar-refractivity contribution in [3.63, 3.8) is 0 Å². The average Bonchev–Trinajstić information content (AvgIpc) is 1.88. The van der Waals surface area contributed by atoms with Gasteiger partial charge in [-0.15, -0.1) is 0 Å². The third-order valence-corrected chi connectivity index (χ3v) is 1.36. The smallest absolute Gasteiger partial charge is 0.339 e. The van der Waals surface area contributed by atoms with E-state index in [4.69, 9.17) is 10.2 Å². The standard InChI is InChI=1S/C7H8O3/c8-6-4-2-1-3-5(6)7(9)10/h3-4,8H,1-2H2,(H,9,10). The number of hydrogen-bond acceptors (Lipinski definition) is 2. The minimum atomic E-state index is -1.06. The summed E-state index contributed by atoms with van der Waals surface area (Å²) >= 11 is 0. The molecule has 0 atom stereocenters. The van der Waals surface area contributed by atoms with Crippen molar-refractivity contribution in [2.45, 2.75) is 12.8 Å². The van der Waals surface area contributed by atoms with Crippen LogP contribution in [0.25, 0.3) is 0 Å². The Kier molecular flexibility index (Phi) is 1.76. The lowest BCUT2D eigenvalue weighted by Gasteiger charge is -2.05. The van der Waals surface area contributed by atoms with E-state index in [2.05, 4.69) is 0 Å². The van der Waals surface area contributed by atoms with E-state index in [0.717, 1.165) is 6.42 Å². The molecule has 0 saturated carbocycles. The summed E-state index contributed by atoms with van der Waals surface area (Å²) in [5, 5.41) is 17.4. The van der Waals surface area contributed by atoms with Crippen LogP contribution in [0.2, 0.25) is 0 Å². The third kappa shape index (κ3) is 1.18. The first-order valence-electron chi connectivity index (χ1n) is 3.05. The van der Waals surface area contributed by atoms with Gasteiger partial charge in [0, 0.05) is 0 Å². The lowest BCUT2D eigenvalue weighted by atomic mass is 10.1. The van der Waals surface area contributed by atoms with Gasteiger partial charge in [-0.1, -0.05) is 6.08 Å². The number of allylic oxidation sites excluding steroid dienone is 2. The zero-order chi connectivity index (χ0) is 7.56. The van der Waals surface area contributed by atoms with Crippen LogP contribution in [0.3, 0.4) is 0 Å². The zero-order valence-electron chi connectivity index (χ0n) is 5.37. The molecule has 0 unspecified atom stereocenters. The molecule has 1 aliphatic carbocycles. The number of aliphatic hydroxyl groups excluding tert-OH is 1. The first-order chi connectivity index (χ1) is 4.72. The quantitative estimate of drug-likeness (QED) is 0.576. The average molecular weight is 140 g/mol. The predicted molar refractivity (Wildman–Crippen MR) is 35.7 cm³/mol. The van der Waals surface area contributed by atoms with Crippen molar-refractivity contribution >= 4 is 5.97 Å². The zero-order valence-corrected chi connectivity index (χ0v) is 5.37. The van der Waals surface area contributed by atoms with Crippen LogP contribution in [0.5, 0.6) is 0 Å². The Labute approximate surface area is 58.3 Å². The van der Waals surface area contributed by atoms with Gasteiger partial charge in [0.15, 0.2) is 0 Å². The fraction of sp³-hybridized carbons (Fsp3) is 0.286. The molecule has 10 heavy (non-hydrogen) atoms. The SMILES string of the molecule is O=C(O)C1=CCCC=C1O. The molecular weight excluding hydrogens is 132 g/mol. The second-order valence-corrected chi connectivity index (χ2v) is 2.09. The molecule has 0 radical (unpaired) electrons. The van der Waals surface area contributed by atoms with Gasteiger partial charge in [0.2, 0.25) is 0 Å². The molecule has 0 aliphatic heterocycles. The van der Waals surface area contributed by atoms with E-state index in [-0.39, 0.29) is 11.3 Å². The van der Waals surface area contributed by atoms with Gasteiger partial charge >= 0.3 is 5.97 Å². The van der Waals surface area contributed by atoms with Crippen LogP contribution >= 0.6 is 0 Å². The van der Waals surface area contributed by atoms with Crippen molar-refractivity contribution in [3.05, 3.63) is 23.5 Å². The highest BCUT2D eigenvalue weighted by molar-refractivity contribution is 5.91. The van der Waals surface area contributed by atoms with E-state index in [1.54, 1.807) is 0 Å². The fourth-order valence-corrected chi connectivity index (χ4v) is 0.859. The van der Waals surface area contributed by atoms with Crippen molar-refractivity contribution in [1.29, 1.82) is 0 Å². The monoisotopic (exact) mass is 140 g/mol. The number of carboxylic acids is 1. The molecule has 3 heteroatoms. The second kappa shape index (κ2) is 2.56. The summed E-state index contributed by atoms with van der Waals surface area (Å²) in [5.41, 5.74) is 0.0197. The second-order valence-electron chi connectivity index (χ2n) is 2.09. The molecule has 54 valence electrons. The Bertz CT molecular complexity index is 213. The van der Waals surface area contributed by atoms with Crippen molar-refractivity contribution < 1.29 is 15.0 Å². The Hall–Kier alpha value is -1.25. The summed E-state index contributed by atoms with van der Waals surface area (Å²) in [7, 11) is 0. The summed E-state index contributed by atoms with van der Waals surface area (Å²) < 4.78 is 0. The number of hydrogen-bond donors (Lipinski definition) is 2. The normalized spacial score (nSPS) is 17.6. The van der Waals surface area contributed by atoms with Gasteiger partial charge in [-0.3, -0.25) is 0 Å². The van der Waals surface area contributed by atoms with Gasteiger partial charge in [0.05, 0.1) is 5.57 Å². The fourth-order valence-electron chi connectivity index (χ4n) is 0.859. The molecule has 3 nitrogen and oxygen atoms in total. The van der Waals surface area contributed by atoms with E-state index < -0.39 is 5.97 Å². The molecule has 0 heterocycles. The maximum atomic E-state index is 10.3. The molecule has 0 fully saturated rings. The summed E-state index contributed by atoms with van der Waals surface area (Å²) in [6, 6.07) is 0. The predicted octanol–water partition coefficient (Wildman–Crippen LogP) is 1.23. The lowest BCUT2D eigenvalue weighted by Crippen LogP contribution is -2.05. The van der Waals surface area contributed by atoms with Crippen molar-refractivity contribution in [1.82, 2.24) is 0 Å². The van der Waals surface area contributed by atoms with Gasteiger partial charge in [0.25, 0.3) is 0 Å². The van der Waals surface area contributed by atoms with Crippen LogP contribution in [-0.4, -0.2) is 16.2 Å². The highest BCUT2D eigenvalue weighted by Gasteiger charge is 2.13. The molecule has 0 saturated heterocycles. The van der Waals surface area contributed by atoms with Crippen LogP contribution in [0, 0.1) is 0 Å². The van der Waals surface area contributed by atoms with Crippen LogP contribution in [0.15, 0.2) is 23.5 Å². The van der Waals surface area contributed by atoms with Crippen LogP contribution in [-0.2, 0) is 4.79 Å². The minimum absolute atomic E-state index is 0.0197. The van der Waals surface area contributed by atoms with Crippen LogP contribution in [0.4, 0.5) is 0 Å². The van der Waals surface area contributed by atoms with Crippen molar-refractivity contribution in [2.24, 2.45) is 0 Å². The molecule has 0 spiro atoms. The lowest BCUT2D eigenvalue weighted by molar-refractivity contribution is -0.132. The van der Waals surface area contributed by atoms with Crippen LogP contribution < -0.4 is 0 Å². The first kappa shape index (κ1) is 6.86. The van der Waals surface area contributed by atoms with Gasteiger partial charge in [-0.2, -0.15) is 0 Å². The third-order valence-electron chi connectivity index (χ3n) is 1.36. The summed E-state index contributed by atoms with van der Waals surface area (Å²) in [5.74, 6) is -1.17. The topological polar surface area (TPSA) is 57.5 Å². The van der Waals surface area contributed by atoms with E-state index in [1.165, 1.54) is 12.2 Å². The number of carboxylic acid groups (broad SMARTS) is 1. The molecular formula is C7H8O3. The van der Waals surface area contributed by atoms with Crippen LogP contribution in [0.1, 0.15) is 12.8 Å². The van der Waals surface area contributed by atoms with Gasteiger partial charge in [0.1, 0.15) is 5.76 Å². The highest BCUT2D eigenvalue weighted by atomic mass is 16.4. The largest absolute Gasteiger partial charge is 0.507 e. The molecule has 1 rings (SSSR count). The number of rotatable bonds is 1. The highest BCUT2D eigenvalue weighted by Crippen LogP contribution is 2.15. The Morgan fingerprint density at radius 2 is 2.00 bits per heavy atom. The van der Waals surface area contributed by atoms with Crippen molar-refractivity contribution in [2.75, 3.05) is 0 Å². The maximum Gasteiger partial charge on any atom is 0.339 e. The molecule has 0 aromatic heterocycles. The Morgan fingerprint density at radius 1 is 1.40 bits per heavy atom. The number of aliphatic carboxylic acids is 1. The molecule has 1 aliphatic rings. The van der Waals surface area contributed by atoms with Crippen molar-refractivity contribution in [3.8, 4) is 0 Å². The molecule has 0 amide bonds. The molecule has 0 bridgehead atoms. The minimum Gasteiger partial charge on any atom is -0.507 e. The van der Waals surface area contributed by atoms with Gasteiger partial charge in [-0.05, 0) is 18.9 Å². The Balaban J connectivity index is 2.84. The van der Waals surface area contributed by atoms with Gasteiger partial charge < -0.3 is 10.2 Å². The first-order valence-corrected chi connectivity index (χ1v) is 3.05. The number of aliphatic hydroxyl groups is 1.